The number of hydrogen-bond donors (Lipinski definition) is 0. The van der Waals surface area contributed by atoms with E-state index in [1.54, 1.807) is 0 Å². The number of quaternary nitrogens is 1. The summed E-state index contributed by atoms with van der Waals surface area (Å²) in [5.41, 5.74) is 0. The zero-order valence-corrected chi connectivity index (χ0v) is 36.8. The predicted octanol–water partition coefficient (Wildman–Crippen LogP) is 11.9. The van der Waals surface area contributed by atoms with Gasteiger partial charge in [-0.2, -0.15) is 0 Å². The molecule has 0 spiro atoms. The number of phosphoric acid groups is 1. The highest BCUT2D eigenvalue weighted by molar-refractivity contribution is 7.45. The maximum Gasteiger partial charge on any atom is 0.306 e. The summed E-state index contributed by atoms with van der Waals surface area (Å²) >= 11 is 0. The van der Waals surface area contributed by atoms with Crippen LogP contribution >= 0.6 is 7.82 Å². The number of likely N-dealkylation sites (N-methyl/N-ethyl adjacent to an activating group) is 1. The first-order valence-corrected chi connectivity index (χ1v) is 23.9. The molecule has 0 rings (SSSR count). The molecule has 1 unspecified atom stereocenters. The summed E-state index contributed by atoms with van der Waals surface area (Å²) in [5.74, 6) is -0.835. The smallest absolute Gasteiger partial charge is 0.306 e. The monoisotopic (exact) mass is 788 g/mol. The van der Waals surface area contributed by atoms with Crippen LogP contribution in [0.25, 0.3) is 0 Å². The number of rotatable bonds is 41. The maximum absolute atomic E-state index is 12.7. The van der Waals surface area contributed by atoms with Crippen LogP contribution in [0.4, 0.5) is 0 Å². The molecule has 0 aliphatic heterocycles. The van der Waals surface area contributed by atoms with Gasteiger partial charge in [-0.1, -0.05) is 167 Å². The SMILES string of the molecule is CCCCCCC/C=C\CCCCCCCC(=O)O[C@H](COC(=O)CCCCCCCCCCCCCCCCCC)COP(=O)([O-])OCC[N+](C)(C)C. The second kappa shape index (κ2) is 37.3. The lowest BCUT2D eigenvalue weighted by Gasteiger charge is -2.28. The average molecular weight is 788 g/mol. The van der Waals surface area contributed by atoms with E-state index < -0.39 is 26.5 Å². The molecular weight excluding hydrogens is 701 g/mol. The summed E-state index contributed by atoms with van der Waals surface area (Å²) < 4.78 is 33.9. The first-order chi connectivity index (χ1) is 26.0. The van der Waals surface area contributed by atoms with Crippen molar-refractivity contribution in [1.82, 2.24) is 0 Å². The summed E-state index contributed by atoms with van der Waals surface area (Å²) in [5, 5.41) is 0. The average Bonchev–Trinajstić information content (AvgIpc) is 3.12. The van der Waals surface area contributed by atoms with E-state index in [9.17, 15) is 19.0 Å². The Morgan fingerprint density at radius 1 is 0.556 bits per heavy atom. The molecular formula is C44H86NO8P. The standard InChI is InChI=1S/C44H86NO8P/c1-6-8-10-12-14-16-18-20-22-23-25-26-28-30-32-34-36-43(46)50-40-42(41-52-54(48,49)51-39-38-45(3,4)5)53-44(47)37-35-33-31-29-27-24-21-19-17-15-13-11-9-7-2/h19,21,42H,6-18,20,22-41H2,1-5H3/b21-19-/t42-/m1/s1. The van der Waals surface area contributed by atoms with Crippen LogP contribution in [0.5, 0.6) is 0 Å². The molecule has 0 aliphatic rings. The van der Waals surface area contributed by atoms with E-state index in [0.29, 0.717) is 17.4 Å². The Kier molecular flexibility index (Phi) is 36.5. The van der Waals surface area contributed by atoms with Gasteiger partial charge in [0.2, 0.25) is 0 Å². The molecule has 2 atom stereocenters. The second-order valence-corrected chi connectivity index (χ2v) is 17.8. The van der Waals surface area contributed by atoms with E-state index in [2.05, 4.69) is 26.0 Å². The Bertz CT molecular complexity index is 938. The number of nitrogens with zero attached hydrogens (tertiary/aromatic N) is 1. The molecule has 320 valence electrons. The molecule has 9 nitrogen and oxygen atoms in total. The Balaban J connectivity index is 4.33. The van der Waals surface area contributed by atoms with Gasteiger partial charge in [-0.25, -0.2) is 0 Å². The quantitative estimate of drug-likeness (QED) is 0.0198. The van der Waals surface area contributed by atoms with Crippen molar-refractivity contribution in [2.24, 2.45) is 0 Å². The number of allylic oxidation sites excluding steroid dienone is 2. The number of ether oxygens (including phenoxy) is 2. The molecule has 0 aliphatic carbocycles. The lowest BCUT2D eigenvalue weighted by Crippen LogP contribution is -2.37. The van der Waals surface area contributed by atoms with Crippen molar-refractivity contribution in [1.29, 1.82) is 0 Å². The third kappa shape index (κ3) is 40.4. The fourth-order valence-electron chi connectivity index (χ4n) is 6.24. The van der Waals surface area contributed by atoms with Crippen molar-refractivity contribution < 1.29 is 42.1 Å². The van der Waals surface area contributed by atoms with E-state index in [1.165, 1.54) is 122 Å². The molecule has 0 aromatic rings. The van der Waals surface area contributed by atoms with Crippen molar-refractivity contribution in [2.45, 2.75) is 213 Å². The highest BCUT2D eigenvalue weighted by Crippen LogP contribution is 2.38. The first kappa shape index (κ1) is 52.8. The Labute approximate surface area is 333 Å². The van der Waals surface area contributed by atoms with Crippen LogP contribution in [0.1, 0.15) is 206 Å². The third-order valence-electron chi connectivity index (χ3n) is 9.79. The molecule has 0 saturated carbocycles. The minimum absolute atomic E-state index is 0.0293. The van der Waals surface area contributed by atoms with Crippen LogP contribution in [0.3, 0.4) is 0 Å². The third-order valence-corrected chi connectivity index (χ3v) is 10.7. The Morgan fingerprint density at radius 2 is 0.944 bits per heavy atom. The number of carbonyl (C=O) groups is 2. The fourth-order valence-corrected chi connectivity index (χ4v) is 6.97. The van der Waals surface area contributed by atoms with E-state index in [0.717, 1.165) is 51.4 Å². The first-order valence-electron chi connectivity index (χ1n) is 22.4. The van der Waals surface area contributed by atoms with Gasteiger partial charge in [0.15, 0.2) is 6.10 Å². The minimum Gasteiger partial charge on any atom is -0.756 e. The Morgan fingerprint density at radius 3 is 1.37 bits per heavy atom. The zero-order valence-electron chi connectivity index (χ0n) is 35.9. The molecule has 0 N–H and O–H groups in total. The molecule has 0 radical (unpaired) electrons. The van der Waals surface area contributed by atoms with Gasteiger partial charge in [0, 0.05) is 12.8 Å². The van der Waals surface area contributed by atoms with Crippen molar-refractivity contribution in [3.63, 3.8) is 0 Å². The zero-order chi connectivity index (χ0) is 40.0. The van der Waals surface area contributed by atoms with E-state index in [4.69, 9.17) is 18.5 Å². The van der Waals surface area contributed by atoms with Crippen LogP contribution in [0.15, 0.2) is 12.2 Å². The minimum atomic E-state index is -4.62. The van der Waals surface area contributed by atoms with Crippen molar-refractivity contribution in [3.8, 4) is 0 Å². The summed E-state index contributed by atoms with van der Waals surface area (Å²) in [6.07, 6.45) is 38.0. The molecule has 0 fully saturated rings. The van der Waals surface area contributed by atoms with Crippen LogP contribution < -0.4 is 4.89 Å². The summed E-state index contributed by atoms with van der Waals surface area (Å²) in [6.45, 7) is 4.23. The lowest BCUT2D eigenvalue weighted by atomic mass is 10.0. The highest BCUT2D eigenvalue weighted by Gasteiger charge is 2.21. The normalized spacial score (nSPS) is 13.7. The molecule has 0 saturated heterocycles. The van der Waals surface area contributed by atoms with Gasteiger partial charge in [0.05, 0.1) is 27.7 Å². The lowest BCUT2D eigenvalue weighted by molar-refractivity contribution is -0.870. The molecule has 0 aromatic heterocycles. The number of phosphoric ester groups is 1. The summed E-state index contributed by atoms with van der Waals surface area (Å²) in [6, 6.07) is 0. The number of unbranched alkanes of at least 4 members (excludes halogenated alkanes) is 25. The van der Waals surface area contributed by atoms with Crippen molar-refractivity contribution in [2.75, 3.05) is 47.5 Å². The van der Waals surface area contributed by atoms with Crippen LogP contribution in [-0.2, 0) is 32.7 Å². The van der Waals surface area contributed by atoms with Gasteiger partial charge in [-0.05, 0) is 38.5 Å². The molecule has 10 heteroatoms. The van der Waals surface area contributed by atoms with Crippen LogP contribution in [-0.4, -0.2) is 70.0 Å². The van der Waals surface area contributed by atoms with E-state index >= 15 is 0 Å². The van der Waals surface area contributed by atoms with Gasteiger partial charge in [0.25, 0.3) is 7.82 Å². The number of carbonyl (C=O) groups excluding carboxylic acids is 2. The van der Waals surface area contributed by atoms with Crippen LogP contribution in [0.2, 0.25) is 0 Å². The van der Waals surface area contributed by atoms with Gasteiger partial charge >= 0.3 is 11.9 Å². The second-order valence-electron chi connectivity index (χ2n) is 16.4. The van der Waals surface area contributed by atoms with Gasteiger partial charge in [-0.3, -0.25) is 14.2 Å². The number of hydrogen-bond acceptors (Lipinski definition) is 8. The topological polar surface area (TPSA) is 111 Å². The largest absolute Gasteiger partial charge is 0.756 e. The highest BCUT2D eigenvalue weighted by atomic mass is 31.2. The molecule has 0 amide bonds. The molecule has 54 heavy (non-hydrogen) atoms. The van der Waals surface area contributed by atoms with Crippen LogP contribution in [0, 0.1) is 0 Å². The van der Waals surface area contributed by atoms with Gasteiger partial charge in [0.1, 0.15) is 19.8 Å². The van der Waals surface area contributed by atoms with E-state index in [-0.39, 0.29) is 32.0 Å². The van der Waals surface area contributed by atoms with Gasteiger partial charge < -0.3 is 27.9 Å². The molecule has 0 bridgehead atoms. The summed E-state index contributed by atoms with van der Waals surface area (Å²) in [4.78, 5) is 37.5. The number of esters is 2. The van der Waals surface area contributed by atoms with Crippen molar-refractivity contribution in [3.05, 3.63) is 12.2 Å². The van der Waals surface area contributed by atoms with Crippen molar-refractivity contribution >= 4 is 19.8 Å². The van der Waals surface area contributed by atoms with Gasteiger partial charge in [-0.15, -0.1) is 0 Å². The summed E-state index contributed by atoms with van der Waals surface area (Å²) in [7, 11) is 1.17. The predicted molar refractivity (Wildman–Crippen MR) is 222 cm³/mol. The Hall–Kier alpha value is -1.25. The molecule has 0 heterocycles. The molecule has 0 aromatic carbocycles. The maximum atomic E-state index is 12.7. The van der Waals surface area contributed by atoms with E-state index in [1.807, 2.05) is 21.1 Å². The fraction of sp³-hybridized carbons (Fsp3) is 0.909.